The molecule has 0 bridgehead atoms. The summed E-state index contributed by atoms with van der Waals surface area (Å²) >= 11 is 6.30. The van der Waals surface area contributed by atoms with Crippen molar-refractivity contribution in [3.63, 3.8) is 0 Å². The van der Waals surface area contributed by atoms with Gasteiger partial charge in [0.05, 0.1) is 37.6 Å². The smallest absolute Gasteiger partial charge is 0.231 e. The van der Waals surface area contributed by atoms with E-state index in [-0.39, 0.29) is 5.78 Å². The van der Waals surface area contributed by atoms with Crippen LogP contribution in [0.1, 0.15) is 27.0 Å². The number of hydrogen-bond acceptors (Lipinski definition) is 7. The van der Waals surface area contributed by atoms with E-state index in [1.165, 1.54) is 0 Å². The van der Waals surface area contributed by atoms with Gasteiger partial charge in [-0.25, -0.2) is 0 Å². The number of rotatable bonds is 3. The summed E-state index contributed by atoms with van der Waals surface area (Å²) in [6, 6.07) is 15.1. The first kappa shape index (κ1) is 23.5. The van der Waals surface area contributed by atoms with Crippen molar-refractivity contribution in [1.29, 1.82) is 0 Å². The van der Waals surface area contributed by atoms with Crippen LogP contribution in [-0.4, -0.2) is 48.8 Å². The van der Waals surface area contributed by atoms with Gasteiger partial charge in [-0.2, -0.15) is 0 Å². The van der Waals surface area contributed by atoms with Gasteiger partial charge in [0.1, 0.15) is 18.2 Å². The highest BCUT2D eigenvalue weighted by Gasteiger charge is 2.33. The molecule has 3 aromatic rings. The molecule has 8 heteroatoms. The lowest BCUT2D eigenvalue weighted by molar-refractivity contribution is -0.0334. The molecule has 0 N–H and O–H groups in total. The number of ketones is 1. The Morgan fingerprint density at radius 3 is 2.51 bits per heavy atom. The number of ether oxygens (including phenoxy) is 4. The maximum atomic E-state index is 12.8. The Bertz CT molecular complexity index is 1220. The molecule has 35 heavy (non-hydrogen) atoms. The number of pyridine rings is 1. The van der Waals surface area contributed by atoms with Crippen LogP contribution in [0.25, 0.3) is 6.08 Å². The fraction of sp³-hybridized carbons (Fsp3) is 0.259. The van der Waals surface area contributed by atoms with Crippen molar-refractivity contribution < 1.29 is 23.7 Å². The first-order valence-corrected chi connectivity index (χ1v) is 11.8. The van der Waals surface area contributed by atoms with Gasteiger partial charge in [-0.05, 0) is 41.5 Å². The molecule has 180 valence electrons. The van der Waals surface area contributed by atoms with Crippen molar-refractivity contribution in [2.75, 3.05) is 33.2 Å². The molecule has 4 heterocycles. The van der Waals surface area contributed by atoms with Crippen LogP contribution in [0, 0.1) is 0 Å². The van der Waals surface area contributed by atoms with Crippen LogP contribution in [0.2, 0.25) is 5.02 Å². The number of aromatic nitrogens is 1. The minimum Gasteiger partial charge on any atom is -0.478 e. The molecule has 0 atom stereocenters. The molecular formula is C27H25ClN2O5. The molecule has 0 unspecified atom stereocenters. The number of carbonyl (C=O) groups is 1. The van der Waals surface area contributed by atoms with Gasteiger partial charge < -0.3 is 18.9 Å². The lowest BCUT2D eigenvalue weighted by Crippen LogP contribution is -2.31. The predicted molar refractivity (Wildman–Crippen MR) is 131 cm³/mol. The van der Waals surface area contributed by atoms with E-state index in [9.17, 15) is 4.79 Å². The zero-order valence-corrected chi connectivity index (χ0v) is 19.9. The molecule has 0 aliphatic carbocycles. The minimum absolute atomic E-state index is 0.130. The fourth-order valence-electron chi connectivity index (χ4n) is 4.03. The first-order valence-electron chi connectivity index (χ1n) is 11.4. The van der Waals surface area contributed by atoms with Crippen LogP contribution >= 0.6 is 11.6 Å². The summed E-state index contributed by atoms with van der Waals surface area (Å²) in [6.07, 6.45) is 5.10. The average molecular weight is 493 g/mol. The van der Waals surface area contributed by atoms with Gasteiger partial charge in [0.15, 0.2) is 5.76 Å². The Kier molecular flexibility index (Phi) is 7.39. The number of carbonyl (C=O) groups excluding carboxylic acids is 1. The second-order valence-electron chi connectivity index (χ2n) is 8.22. The zero-order chi connectivity index (χ0) is 24.0. The molecule has 0 spiro atoms. The van der Waals surface area contributed by atoms with Crippen LogP contribution in [0.4, 0.5) is 0 Å². The molecule has 0 saturated carbocycles. The topological polar surface area (TPSA) is 70.1 Å². The van der Waals surface area contributed by atoms with E-state index in [2.05, 4.69) is 9.88 Å². The van der Waals surface area contributed by atoms with E-state index >= 15 is 0 Å². The van der Waals surface area contributed by atoms with Gasteiger partial charge in [-0.15, -0.1) is 0 Å². The molecule has 1 aromatic heterocycles. The standard InChI is InChI=1S/C23H17ClN2O3.C4H8O2/c24-19-6-2-1-5-16(19)12-26-13-18-20(28-14-26)8-7-17-22(27)21(29-23(17)18)10-15-4-3-9-25-11-15;1-2-6-4-3-5-1/h1-11H,12-14H2;1-4H2/b21-10-;. The summed E-state index contributed by atoms with van der Waals surface area (Å²) in [7, 11) is 0. The number of nitrogens with zero attached hydrogens (tertiary/aromatic N) is 2. The van der Waals surface area contributed by atoms with Crippen molar-refractivity contribution in [3.05, 3.63) is 94.0 Å². The lowest BCUT2D eigenvalue weighted by atomic mass is 10.0. The van der Waals surface area contributed by atoms with Crippen molar-refractivity contribution >= 4 is 23.5 Å². The number of Topliss-reactive ketones (excluding diaryl/α,β-unsaturated/α-hetero) is 1. The summed E-state index contributed by atoms with van der Waals surface area (Å²) in [5, 5.41) is 0.727. The summed E-state index contributed by atoms with van der Waals surface area (Å²) in [5.41, 5.74) is 3.28. The SMILES string of the molecule is C1COCCO1.O=C1/C(=C/c2cccnc2)Oc2c1ccc1c2CN(Cc2ccccc2Cl)CO1. The van der Waals surface area contributed by atoms with Gasteiger partial charge in [0, 0.05) is 30.5 Å². The quantitative estimate of drug-likeness (QED) is 0.489. The van der Waals surface area contributed by atoms with Crippen LogP contribution < -0.4 is 9.47 Å². The molecule has 0 radical (unpaired) electrons. The maximum absolute atomic E-state index is 12.8. The lowest BCUT2D eigenvalue weighted by Gasteiger charge is -2.30. The van der Waals surface area contributed by atoms with Gasteiger partial charge >= 0.3 is 0 Å². The second kappa shape index (κ2) is 11.0. The van der Waals surface area contributed by atoms with E-state index in [0.717, 1.165) is 53.9 Å². The molecule has 2 aromatic carbocycles. The average Bonchev–Trinajstić information content (AvgIpc) is 3.23. The van der Waals surface area contributed by atoms with Crippen LogP contribution in [0.15, 0.2) is 66.7 Å². The number of fused-ring (bicyclic) bond motifs is 3. The van der Waals surface area contributed by atoms with Gasteiger partial charge in [0.2, 0.25) is 5.78 Å². The highest BCUT2D eigenvalue weighted by Crippen LogP contribution is 2.42. The van der Waals surface area contributed by atoms with Crippen molar-refractivity contribution in [2.24, 2.45) is 0 Å². The number of allylic oxidation sites excluding steroid dienone is 1. The molecule has 1 fully saturated rings. The molecular weight excluding hydrogens is 468 g/mol. The van der Waals surface area contributed by atoms with E-state index in [4.69, 9.17) is 30.5 Å². The van der Waals surface area contributed by atoms with E-state index in [1.807, 2.05) is 42.5 Å². The predicted octanol–water partition coefficient (Wildman–Crippen LogP) is 4.74. The fourth-order valence-corrected chi connectivity index (χ4v) is 4.22. The van der Waals surface area contributed by atoms with E-state index < -0.39 is 0 Å². The van der Waals surface area contributed by atoms with Crippen LogP contribution in [0.3, 0.4) is 0 Å². The third-order valence-corrected chi connectivity index (χ3v) is 6.13. The summed E-state index contributed by atoms with van der Waals surface area (Å²) in [4.78, 5) is 19.0. The molecule has 6 rings (SSSR count). The maximum Gasteiger partial charge on any atom is 0.231 e. The van der Waals surface area contributed by atoms with Gasteiger partial charge in [0.25, 0.3) is 0 Å². The van der Waals surface area contributed by atoms with Gasteiger partial charge in [-0.3, -0.25) is 14.7 Å². The summed E-state index contributed by atoms with van der Waals surface area (Å²) in [5.74, 6) is 1.49. The Morgan fingerprint density at radius 1 is 1.00 bits per heavy atom. The molecule has 0 amide bonds. The Morgan fingerprint density at radius 2 is 1.80 bits per heavy atom. The second-order valence-corrected chi connectivity index (χ2v) is 8.63. The van der Waals surface area contributed by atoms with Gasteiger partial charge in [-0.1, -0.05) is 35.9 Å². The first-order chi connectivity index (χ1) is 17.2. The third-order valence-electron chi connectivity index (χ3n) is 5.76. The Hall–Kier alpha value is -3.23. The number of halogens is 1. The van der Waals surface area contributed by atoms with Crippen molar-refractivity contribution in [1.82, 2.24) is 9.88 Å². The normalized spacial score (nSPS) is 18.1. The van der Waals surface area contributed by atoms with Crippen molar-refractivity contribution in [2.45, 2.75) is 13.1 Å². The van der Waals surface area contributed by atoms with Crippen molar-refractivity contribution in [3.8, 4) is 11.5 Å². The number of benzene rings is 2. The number of hydrogen-bond donors (Lipinski definition) is 0. The molecule has 3 aliphatic rings. The Balaban J connectivity index is 0.000000371. The highest BCUT2D eigenvalue weighted by atomic mass is 35.5. The molecule has 3 aliphatic heterocycles. The minimum atomic E-state index is -0.130. The third kappa shape index (κ3) is 5.55. The molecule has 1 saturated heterocycles. The summed E-state index contributed by atoms with van der Waals surface area (Å²) in [6.45, 7) is 4.82. The Labute approximate surface area is 208 Å². The van der Waals surface area contributed by atoms with E-state index in [0.29, 0.717) is 36.9 Å². The monoisotopic (exact) mass is 492 g/mol. The largest absolute Gasteiger partial charge is 0.478 e. The highest BCUT2D eigenvalue weighted by molar-refractivity contribution is 6.31. The molecule has 7 nitrogen and oxygen atoms in total. The summed E-state index contributed by atoms with van der Waals surface area (Å²) < 4.78 is 21.8. The zero-order valence-electron chi connectivity index (χ0n) is 19.1. The van der Waals surface area contributed by atoms with E-state index in [1.54, 1.807) is 24.5 Å². The van der Waals surface area contributed by atoms with Crippen LogP contribution in [-0.2, 0) is 22.6 Å². The van der Waals surface area contributed by atoms with Crippen LogP contribution in [0.5, 0.6) is 11.5 Å².